The van der Waals surface area contributed by atoms with Crippen LogP contribution in [0.4, 0.5) is 10.5 Å². The van der Waals surface area contributed by atoms with E-state index in [4.69, 9.17) is 4.74 Å². The number of benzene rings is 1. The molecule has 1 fully saturated rings. The highest BCUT2D eigenvalue weighted by atomic mass is 16.5. The summed E-state index contributed by atoms with van der Waals surface area (Å²) >= 11 is 0. The second kappa shape index (κ2) is 12.9. The molecule has 13 heteroatoms. The van der Waals surface area contributed by atoms with Gasteiger partial charge in [-0.25, -0.2) is 9.48 Å². The molecular formula is C26H38N8O5. The molecule has 2 aromatic rings. The Labute approximate surface area is 227 Å². The van der Waals surface area contributed by atoms with Crippen molar-refractivity contribution in [2.24, 2.45) is 5.92 Å². The Morgan fingerprint density at radius 3 is 2.72 bits per heavy atom. The molecule has 1 saturated carbocycles. The molecule has 0 unspecified atom stereocenters. The van der Waals surface area contributed by atoms with Crippen molar-refractivity contribution < 1.29 is 24.2 Å². The average Bonchev–Trinajstić information content (AvgIpc) is 3.43. The van der Waals surface area contributed by atoms with Crippen LogP contribution in [0.5, 0.6) is 5.75 Å². The van der Waals surface area contributed by atoms with E-state index >= 15 is 0 Å². The number of carbonyl (C=O) groups is 3. The Hall–Kier alpha value is -3.74. The van der Waals surface area contributed by atoms with Crippen molar-refractivity contribution in [2.75, 3.05) is 32.1 Å². The number of aromatic nitrogens is 4. The van der Waals surface area contributed by atoms with Crippen molar-refractivity contribution in [3.05, 3.63) is 30.1 Å². The summed E-state index contributed by atoms with van der Waals surface area (Å²) in [4.78, 5) is 42.2. The normalized spacial score (nSPS) is 20.7. The monoisotopic (exact) mass is 542 g/mol. The molecule has 0 radical (unpaired) electrons. The summed E-state index contributed by atoms with van der Waals surface area (Å²) < 4.78 is 7.65. The smallest absolute Gasteiger partial charge is 0.317 e. The maximum absolute atomic E-state index is 13.6. The summed E-state index contributed by atoms with van der Waals surface area (Å²) in [6.45, 7) is 4.12. The van der Waals surface area contributed by atoms with Crippen LogP contribution in [0.15, 0.2) is 24.5 Å². The molecule has 4 amide bonds. The van der Waals surface area contributed by atoms with E-state index in [1.54, 1.807) is 42.0 Å². The molecule has 0 saturated heterocycles. The first-order valence-electron chi connectivity index (χ1n) is 13.5. The molecule has 13 nitrogen and oxygen atoms in total. The van der Waals surface area contributed by atoms with Gasteiger partial charge in [0, 0.05) is 31.2 Å². The minimum absolute atomic E-state index is 0.0863. The number of carbonyl (C=O) groups excluding carboxylic acids is 3. The van der Waals surface area contributed by atoms with Crippen molar-refractivity contribution in [3.63, 3.8) is 0 Å². The molecule has 4 rings (SSSR count). The summed E-state index contributed by atoms with van der Waals surface area (Å²) in [5.74, 6) is -0.445. The lowest BCUT2D eigenvalue weighted by molar-refractivity contribution is -0.116. The predicted molar refractivity (Wildman–Crippen MR) is 142 cm³/mol. The Morgan fingerprint density at radius 2 is 2.03 bits per heavy atom. The highest BCUT2D eigenvalue weighted by Gasteiger charge is 2.34. The van der Waals surface area contributed by atoms with E-state index in [-0.39, 0.29) is 48.5 Å². The highest BCUT2D eigenvalue weighted by Crippen LogP contribution is 2.31. The first-order chi connectivity index (χ1) is 18.7. The number of likely N-dealkylation sites (N-methyl/N-ethyl adjacent to an activating group) is 1. The number of anilines is 1. The summed E-state index contributed by atoms with van der Waals surface area (Å²) in [7, 11) is 1.75. The molecule has 0 bridgehead atoms. The number of amides is 4. The van der Waals surface area contributed by atoms with E-state index in [0.29, 0.717) is 24.5 Å². The number of aliphatic hydroxyl groups excluding tert-OH is 1. The molecule has 39 heavy (non-hydrogen) atoms. The Kier molecular flexibility index (Phi) is 9.33. The van der Waals surface area contributed by atoms with Gasteiger partial charge in [0.2, 0.25) is 5.91 Å². The van der Waals surface area contributed by atoms with Gasteiger partial charge in [0.25, 0.3) is 5.91 Å². The van der Waals surface area contributed by atoms with E-state index in [1.807, 2.05) is 6.92 Å². The predicted octanol–water partition coefficient (Wildman–Crippen LogP) is 1.51. The Morgan fingerprint density at radius 1 is 1.26 bits per heavy atom. The van der Waals surface area contributed by atoms with E-state index in [2.05, 4.69) is 26.2 Å². The van der Waals surface area contributed by atoms with Gasteiger partial charge in [0.15, 0.2) is 0 Å². The summed E-state index contributed by atoms with van der Waals surface area (Å²) in [5, 5.41) is 26.5. The molecule has 212 valence electrons. The first-order valence-corrected chi connectivity index (χ1v) is 13.5. The molecule has 1 aliphatic carbocycles. The maximum Gasteiger partial charge on any atom is 0.317 e. The fraction of sp³-hybridized carbons (Fsp3) is 0.615. The molecular weight excluding hydrogens is 504 g/mol. The SMILES string of the molecule is C[C@@H]1CN([C@@H](C)CO)C(=O)c2cc(NC(=O)Cn3cnnn3)ccc2O[C@@H]1CN(C)C(=O)NC1CCCCC1. The number of hydrogen-bond acceptors (Lipinski definition) is 8. The van der Waals surface area contributed by atoms with Crippen LogP contribution in [-0.2, 0) is 11.3 Å². The van der Waals surface area contributed by atoms with Gasteiger partial charge >= 0.3 is 6.03 Å². The number of nitrogens with one attached hydrogen (secondary N) is 2. The zero-order valence-corrected chi connectivity index (χ0v) is 22.7. The lowest BCUT2D eigenvalue weighted by atomic mass is 9.96. The summed E-state index contributed by atoms with van der Waals surface area (Å²) in [6.07, 6.45) is 6.37. The zero-order valence-electron chi connectivity index (χ0n) is 22.7. The van der Waals surface area contributed by atoms with Crippen LogP contribution >= 0.6 is 0 Å². The number of hydrogen-bond donors (Lipinski definition) is 3. The summed E-state index contributed by atoms with van der Waals surface area (Å²) in [5.41, 5.74) is 0.677. The second-order valence-electron chi connectivity index (χ2n) is 10.6. The van der Waals surface area contributed by atoms with E-state index in [0.717, 1.165) is 25.7 Å². The van der Waals surface area contributed by atoms with Crippen LogP contribution in [0.1, 0.15) is 56.3 Å². The van der Waals surface area contributed by atoms with Crippen LogP contribution in [0.3, 0.4) is 0 Å². The van der Waals surface area contributed by atoms with Crippen LogP contribution in [0.25, 0.3) is 0 Å². The number of aliphatic hydroxyl groups is 1. The fourth-order valence-corrected chi connectivity index (χ4v) is 5.00. The minimum atomic E-state index is -0.433. The molecule has 1 aromatic heterocycles. The number of nitrogens with zero attached hydrogens (tertiary/aromatic N) is 6. The van der Waals surface area contributed by atoms with Crippen LogP contribution in [-0.4, -0.2) is 97.9 Å². The maximum atomic E-state index is 13.6. The molecule has 3 N–H and O–H groups in total. The highest BCUT2D eigenvalue weighted by molar-refractivity contribution is 5.99. The first kappa shape index (κ1) is 28.3. The van der Waals surface area contributed by atoms with Crippen molar-refractivity contribution >= 4 is 23.5 Å². The quantitative estimate of drug-likeness (QED) is 0.453. The third-order valence-corrected chi connectivity index (χ3v) is 7.38. The third-order valence-electron chi connectivity index (χ3n) is 7.38. The van der Waals surface area contributed by atoms with Crippen molar-refractivity contribution in [3.8, 4) is 5.75 Å². The Balaban J connectivity index is 1.53. The van der Waals surface area contributed by atoms with Gasteiger partial charge in [0.1, 0.15) is 24.7 Å². The Bertz CT molecular complexity index is 1140. The van der Waals surface area contributed by atoms with Gasteiger partial charge in [-0.3, -0.25) is 9.59 Å². The lowest BCUT2D eigenvalue weighted by Crippen LogP contribution is -2.52. The van der Waals surface area contributed by atoms with E-state index in [9.17, 15) is 19.5 Å². The van der Waals surface area contributed by atoms with Crippen LogP contribution in [0, 0.1) is 5.92 Å². The number of urea groups is 1. The molecule has 3 atom stereocenters. The molecule has 1 aromatic carbocycles. The van der Waals surface area contributed by atoms with Crippen LogP contribution < -0.4 is 15.4 Å². The number of tetrazole rings is 1. The van der Waals surface area contributed by atoms with E-state index < -0.39 is 12.1 Å². The fourth-order valence-electron chi connectivity index (χ4n) is 5.00. The van der Waals surface area contributed by atoms with Gasteiger partial charge < -0.3 is 30.3 Å². The summed E-state index contributed by atoms with van der Waals surface area (Å²) in [6, 6.07) is 4.49. The third kappa shape index (κ3) is 7.22. The van der Waals surface area contributed by atoms with Crippen molar-refractivity contribution in [1.82, 2.24) is 35.3 Å². The molecule has 0 spiro atoms. The molecule has 1 aliphatic heterocycles. The number of rotatable bonds is 8. The van der Waals surface area contributed by atoms with Gasteiger partial charge in [-0.05, 0) is 48.4 Å². The molecule has 2 aliphatic rings. The van der Waals surface area contributed by atoms with Crippen molar-refractivity contribution in [1.29, 1.82) is 0 Å². The van der Waals surface area contributed by atoms with Gasteiger partial charge in [-0.1, -0.05) is 26.2 Å². The largest absolute Gasteiger partial charge is 0.487 e. The number of fused-ring (bicyclic) bond motifs is 1. The average molecular weight is 543 g/mol. The topological polar surface area (TPSA) is 155 Å². The lowest BCUT2D eigenvalue weighted by Gasteiger charge is -2.38. The minimum Gasteiger partial charge on any atom is -0.487 e. The van der Waals surface area contributed by atoms with Gasteiger partial charge in [-0.2, -0.15) is 0 Å². The van der Waals surface area contributed by atoms with Crippen LogP contribution in [0.2, 0.25) is 0 Å². The second-order valence-corrected chi connectivity index (χ2v) is 10.6. The molecule has 2 heterocycles. The van der Waals surface area contributed by atoms with Gasteiger partial charge in [0.05, 0.1) is 24.8 Å². The van der Waals surface area contributed by atoms with E-state index in [1.165, 1.54) is 17.4 Å². The standard InChI is InChI=1S/C26H38N8O5/c1-17-12-34(18(2)15-35)25(37)21-11-20(28-24(36)14-33-16-27-30-31-33)9-10-22(21)39-23(17)13-32(3)26(38)29-19-7-5-4-6-8-19/h9-11,16-19,23,35H,4-8,12-15H2,1-3H3,(H,28,36)(H,29,38)/t17-,18+,23-/m1/s1. The van der Waals surface area contributed by atoms with Crippen molar-refractivity contribution in [2.45, 2.75) is 70.7 Å². The zero-order chi connectivity index (χ0) is 27.9. The number of ether oxygens (including phenoxy) is 1. The van der Waals surface area contributed by atoms with Gasteiger partial charge in [-0.15, -0.1) is 5.10 Å².